The zero-order valence-corrected chi connectivity index (χ0v) is 14.3. The molecule has 1 heterocycles. The molecular formula is C20H29NO3. The van der Waals surface area contributed by atoms with Crippen molar-refractivity contribution in [2.24, 2.45) is 11.8 Å². The standard InChI is InChI=1S/C20H29NO3/c22-18-8-6-17(7-9-18)20(24)21-12-10-16(11-13-21)19(23)14-15-4-2-1-3-5-15/h1-5,16-19,22-23H,6-14H2/t17?,18?,19-/m1/s1. The van der Waals surface area contributed by atoms with Crippen LogP contribution in [-0.2, 0) is 11.2 Å². The van der Waals surface area contributed by atoms with E-state index in [1.54, 1.807) is 0 Å². The molecule has 0 aromatic heterocycles. The van der Waals surface area contributed by atoms with Crippen LogP contribution in [0.15, 0.2) is 30.3 Å². The molecular weight excluding hydrogens is 302 g/mol. The van der Waals surface area contributed by atoms with Crippen molar-refractivity contribution in [1.82, 2.24) is 4.90 Å². The van der Waals surface area contributed by atoms with Gasteiger partial charge in [0.15, 0.2) is 0 Å². The van der Waals surface area contributed by atoms with Gasteiger partial charge in [-0.15, -0.1) is 0 Å². The molecule has 2 fully saturated rings. The predicted octanol–water partition coefficient (Wildman–Crippen LogP) is 2.38. The fourth-order valence-electron chi connectivity index (χ4n) is 4.11. The Bertz CT molecular complexity index is 517. The number of piperidine rings is 1. The first-order chi connectivity index (χ1) is 11.6. The van der Waals surface area contributed by atoms with Gasteiger partial charge >= 0.3 is 0 Å². The van der Waals surface area contributed by atoms with Crippen molar-refractivity contribution in [1.29, 1.82) is 0 Å². The lowest BCUT2D eigenvalue weighted by Crippen LogP contribution is -2.45. The summed E-state index contributed by atoms with van der Waals surface area (Å²) in [5, 5.41) is 20.1. The molecule has 1 aliphatic heterocycles. The van der Waals surface area contributed by atoms with E-state index >= 15 is 0 Å². The molecule has 4 nitrogen and oxygen atoms in total. The molecule has 1 aromatic carbocycles. The van der Waals surface area contributed by atoms with E-state index in [0.29, 0.717) is 6.42 Å². The van der Waals surface area contributed by atoms with Crippen LogP contribution in [-0.4, -0.2) is 46.3 Å². The van der Waals surface area contributed by atoms with Crippen LogP contribution in [0.1, 0.15) is 44.1 Å². The molecule has 1 saturated carbocycles. The molecule has 3 rings (SSSR count). The molecule has 2 N–H and O–H groups in total. The van der Waals surface area contributed by atoms with Gasteiger partial charge in [-0.1, -0.05) is 30.3 Å². The zero-order valence-electron chi connectivity index (χ0n) is 14.3. The van der Waals surface area contributed by atoms with Crippen LogP contribution in [0.4, 0.5) is 0 Å². The minimum absolute atomic E-state index is 0.0965. The van der Waals surface area contributed by atoms with Crippen LogP contribution in [0, 0.1) is 11.8 Å². The van der Waals surface area contributed by atoms with Crippen molar-refractivity contribution < 1.29 is 15.0 Å². The summed E-state index contributed by atoms with van der Waals surface area (Å²) in [4.78, 5) is 14.6. The van der Waals surface area contributed by atoms with Crippen LogP contribution >= 0.6 is 0 Å². The van der Waals surface area contributed by atoms with Crippen LogP contribution in [0.25, 0.3) is 0 Å². The van der Waals surface area contributed by atoms with Gasteiger partial charge in [-0.3, -0.25) is 4.79 Å². The molecule has 1 amide bonds. The Balaban J connectivity index is 1.46. The first kappa shape index (κ1) is 17.4. The fraction of sp³-hybridized carbons (Fsp3) is 0.650. The number of aliphatic hydroxyl groups excluding tert-OH is 2. The summed E-state index contributed by atoms with van der Waals surface area (Å²) in [5.41, 5.74) is 1.17. The molecule has 132 valence electrons. The number of hydrogen-bond donors (Lipinski definition) is 2. The van der Waals surface area contributed by atoms with E-state index in [0.717, 1.165) is 51.6 Å². The molecule has 0 unspecified atom stereocenters. The van der Waals surface area contributed by atoms with Crippen LogP contribution < -0.4 is 0 Å². The highest BCUT2D eigenvalue weighted by atomic mass is 16.3. The number of carbonyl (C=O) groups excluding carboxylic acids is 1. The molecule has 1 aromatic rings. The van der Waals surface area contributed by atoms with Gasteiger partial charge in [0.1, 0.15) is 0 Å². The Hall–Kier alpha value is -1.39. The second-order valence-corrected chi connectivity index (χ2v) is 7.43. The molecule has 1 aliphatic carbocycles. The van der Waals surface area contributed by atoms with Gasteiger partial charge in [-0.25, -0.2) is 0 Å². The van der Waals surface area contributed by atoms with E-state index in [2.05, 4.69) is 12.1 Å². The van der Waals surface area contributed by atoms with Gasteiger partial charge in [0.05, 0.1) is 12.2 Å². The minimum atomic E-state index is -0.325. The molecule has 24 heavy (non-hydrogen) atoms. The number of rotatable bonds is 4. The Labute approximate surface area is 144 Å². The van der Waals surface area contributed by atoms with Crippen LogP contribution in [0.3, 0.4) is 0 Å². The number of benzene rings is 1. The summed E-state index contributed by atoms with van der Waals surface area (Å²) in [6.45, 7) is 1.52. The molecule has 2 aliphatic rings. The van der Waals surface area contributed by atoms with Gasteiger partial charge in [0, 0.05) is 19.0 Å². The molecule has 1 saturated heterocycles. The largest absolute Gasteiger partial charge is 0.393 e. The zero-order chi connectivity index (χ0) is 16.9. The maximum Gasteiger partial charge on any atom is 0.225 e. The molecule has 1 atom stereocenters. The van der Waals surface area contributed by atoms with Crippen molar-refractivity contribution >= 4 is 5.91 Å². The summed E-state index contributed by atoms with van der Waals surface area (Å²) in [7, 11) is 0. The number of likely N-dealkylation sites (tertiary alicyclic amines) is 1. The Morgan fingerprint density at radius 2 is 1.67 bits per heavy atom. The molecule has 4 heteroatoms. The number of carbonyl (C=O) groups is 1. The first-order valence-electron chi connectivity index (χ1n) is 9.32. The third-order valence-electron chi connectivity index (χ3n) is 5.73. The van der Waals surface area contributed by atoms with Crippen LogP contribution in [0.5, 0.6) is 0 Å². The highest BCUT2D eigenvalue weighted by Gasteiger charge is 2.32. The molecule has 0 spiro atoms. The van der Waals surface area contributed by atoms with E-state index in [9.17, 15) is 15.0 Å². The highest BCUT2D eigenvalue weighted by Crippen LogP contribution is 2.29. The quantitative estimate of drug-likeness (QED) is 0.890. The monoisotopic (exact) mass is 331 g/mol. The van der Waals surface area contributed by atoms with Gasteiger partial charge < -0.3 is 15.1 Å². The number of amides is 1. The number of aliphatic hydroxyl groups is 2. The summed E-state index contributed by atoms with van der Waals surface area (Å²) < 4.78 is 0. The minimum Gasteiger partial charge on any atom is -0.393 e. The third kappa shape index (κ3) is 4.37. The smallest absolute Gasteiger partial charge is 0.225 e. The average molecular weight is 331 g/mol. The van der Waals surface area contributed by atoms with Gasteiger partial charge in [-0.05, 0) is 56.4 Å². The normalized spacial score (nSPS) is 27.0. The average Bonchev–Trinajstić information content (AvgIpc) is 2.63. The lowest BCUT2D eigenvalue weighted by molar-refractivity contribution is -0.139. The Kier molecular flexibility index (Phi) is 5.90. The van der Waals surface area contributed by atoms with Crippen molar-refractivity contribution in [3.8, 4) is 0 Å². The summed E-state index contributed by atoms with van der Waals surface area (Å²) in [5.74, 6) is 0.638. The summed E-state index contributed by atoms with van der Waals surface area (Å²) in [6.07, 6.45) is 5.06. The topological polar surface area (TPSA) is 60.8 Å². The van der Waals surface area contributed by atoms with Gasteiger partial charge in [0.2, 0.25) is 5.91 Å². The number of nitrogens with zero attached hydrogens (tertiary/aromatic N) is 1. The van der Waals surface area contributed by atoms with E-state index < -0.39 is 0 Å². The maximum atomic E-state index is 12.6. The van der Waals surface area contributed by atoms with Crippen molar-refractivity contribution in [2.45, 2.75) is 57.2 Å². The lowest BCUT2D eigenvalue weighted by Gasteiger charge is -2.37. The van der Waals surface area contributed by atoms with E-state index in [4.69, 9.17) is 0 Å². The van der Waals surface area contributed by atoms with E-state index in [1.807, 2.05) is 23.1 Å². The van der Waals surface area contributed by atoms with Gasteiger partial charge in [-0.2, -0.15) is 0 Å². The third-order valence-corrected chi connectivity index (χ3v) is 5.73. The van der Waals surface area contributed by atoms with E-state index in [-0.39, 0.29) is 30.0 Å². The van der Waals surface area contributed by atoms with Crippen molar-refractivity contribution in [2.75, 3.05) is 13.1 Å². The fourth-order valence-corrected chi connectivity index (χ4v) is 4.11. The van der Waals surface area contributed by atoms with Crippen molar-refractivity contribution in [3.63, 3.8) is 0 Å². The second kappa shape index (κ2) is 8.13. The number of hydrogen-bond acceptors (Lipinski definition) is 3. The molecule has 0 radical (unpaired) electrons. The van der Waals surface area contributed by atoms with Crippen molar-refractivity contribution in [3.05, 3.63) is 35.9 Å². The molecule has 0 bridgehead atoms. The van der Waals surface area contributed by atoms with Gasteiger partial charge in [0.25, 0.3) is 0 Å². The van der Waals surface area contributed by atoms with Crippen LogP contribution in [0.2, 0.25) is 0 Å². The first-order valence-corrected chi connectivity index (χ1v) is 9.32. The maximum absolute atomic E-state index is 12.6. The highest BCUT2D eigenvalue weighted by molar-refractivity contribution is 5.79. The Morgan fingerprint density at radius 1 is 1.04 bits per heavy atom. The summed E-state index contributed by atoms with van der Waals surface area (Å²) in [6, 6.07) is 10.1. The predicted molar refractivity (Wildman–Crippen MR) is 93.4 cm³/mol. The lowest BCUT2D eigenvalue weighted by atomic mass is 9.84. The summed E-state index contributed by atoms with van der Waals surface area (Å²) >= 11 is 0. The second-order valence-electron chi connectivity index (χ2n) is 7.43. The van der Waals surface area contributed by atoms with E-state index in [1.165, 1.54) is 5.56 Å². The SMILES string of the molecule is O=C(C1CCC(O)CC1)N1CCC([C@H](O)Cc2ccccc2)CC1. The Morgan fingerprint density at radius 3 is 2.29 bits per heavy atom.